The smallest absolute Gasteiger partial charge is 0.323 e. The molecule has 7 nitrogen and oxygen atoms in total. The van der Waals surface area contributed by atoms with E-state index in [1.165, 1.54) is 4.90 Å². The summed E-state index contributed by atoms with van der Waals surface area (Å²) in [6.07, 6.45) is 6.06. The van der Waals surface area contributed by atoms with E-state index in [4.69, 9.17) is 5.11 Å². The third-order valence-electron chi connectivity index (χ3n) is 6.35. The van der Waals surface area contributed by atoms with Crippen LogP contribution in [-0.2, 0) is 14.4 Å². The quantitative estimate of drug-likeness (QED) is 0.813. The topological polar surface area (TPSA) is 81.2 Å². The number of piperazine rings is 1. The minimum Gasteiger partial charge on any atom is -0.480 e. The summed E-state index contributed by atoms with van der Waals surface area (Å²) in [5.41, 5.74) is -0.213. The molecule has 0 bridgehead atoms. The molecule has 1 spiro atoms. The van der Waals surface area contributed by atoms with Crippen molar-refractivity contribution in [2.75, 3.05) is 39.8 Å². The molecule has 0 aromatic heterocycles. The lowest BCUT2D eigenvalue weighted by Crippen LogP contribution is -2.62. The van der Waals surface area contributed by atoms with Crippen molar-refractivity contribution in [2.24, 2.45) is 5.92 Å². The van der Waals surface area contributed by atoms with Gasteiger partial charge in [-0.15, -0.1) is 0 Å². The molecule has 2 aliphatic heterocycles. The fourth-order valence-corrected chi connectivity index (χ4v) is 4.64. The van der Waals surface area contributed by atoms with Crippen molar-refractivity contribution in [3.8, 4) is 0 Å². The van der Waals surface area contributed by atoms with Gasteiger partial charge in [0, 0.05) is 44.1 Å². The number of hydrogen-bond donors (Lipinski definition) is 1. The van der Waals surface area contributed by atoms with Crippen LogP contribution in [0.4, 0.5) is 0 Å². The highest BCUT2D eigenvalue weighted by Crippen LogP contribution is 2.34. The fraction of sp³-hybridized carbons (Fsp3) is 0.833. The Hall–Kier alpha value is -1.63. The Morgan fingerprint density at radius 1 is 1.16 bits per heavy atom. The van der Waals surface area contributed by atoms with E-state index in [0.29, 0.717) is 25.9 Å². The molecule has 2 saturated heterocycles. The van der Waals surface area contributed by atoms with Gasteiger partial charge in [-0.1, -0.05) is 12.8 Å². The third-order valence-corrected chi connectivity index (χ3v) is 6.35. The van der Waals surface area contributed by atoms with Crippen molar-refractivity contribution in [3.05, 3.63) is 0 Å². The maximum atomic E-state index is 12.8. The first-order chi connectivity index (χ1) is 11.9. The van der Waals surface area contributed by atoms with Gasteiger partial charge >= 0.3 is 5.97 Å². The van der Waals surface area contributed by atoms with Crippen molar-refractivity contribution in [1.29, 1.82) is 0 Å². The fourth-order valence-electron chi connectivity index (χ4n) is 4.64. The van der Waals surface area contributed by atoms with Crippen LogP contribution in [0.3, 0.4) is 0 Å². The Balaban J connectivity index is 1.71. The summed E-state index contributed by atoms with van der Waals surface area (Å²) in [7, 11) is 2.06. The van der Waals surface area contributed by atoms with Gasteiger partial charge in [0.1, 0.15) is 6.54 Å². The molecule has 2 amide bonds. The number of carboxylic acid groups (broad SMARTS) is 1. The Bertz CT molecular complexity index is 546. The number of aliphatic carboxylic acids is 1. The number of amides is 2. The molecule has 25 heavy (non-hydrogen) atoms. The highest BCUT2D eigenvalue weighted by atomic mass is 16.4. The molecule has 0 radical (unpaired) electrons. The van der Waals surface area contributed by atoms with E-state index >= 15 is 0 Å². The van der Waals surface area contributed by atoms with Crippen LogP contribution in [-0.4, -0.2) is 82.9 Å². The van der Waals surface area contributed by atoms with Crippen LogP contribution in [0.2, 0.25) is 0 Å². The molecule has 1 N–H and O–H groups in total. The standard InChI is InChI=1S/C18H29N3O4/c1-19-10-11-21(17(25)14-4-2-3-5-14)13-18(19)7-6-15(22)20(9-8-18)12-16(23)24/h14H,2-13H2,1H3,(H,23,24). The first-order valence-corrected chi connectivity index (χ1v) is 9.41. The molecular formula is C18H29N3O4. The van der Waals surface area contributed by atoms with Crippen molar-refractivity contribution >= 4 is 17.8 Å². The predicted octanol–water partition coefficient (Wildman–Crippen LogP) is 0.787. The van der Waals surface area contributed by atoms with Gasteiger partial charge in [-0.25, -0.2) is 0 Å². The molecule has 7 heteroatoms. The monoisotopic (exact) mass is 351 g/mol. The zero-order valence-corrected chi connectivity index (χ0v) is 15.1. The second kappa shape index (κ2) is 7.32. The average Bonchev–Trinajstić information content (AvgIpc) is 3.07. The summed E-state index contributed by atoms with van der Waals surface area (Å²) in [4.78, 5) is 41.8. The maximum absolute atomic E-state index is 12.8. The number of carbonyl (C=O) groups excluding carboxylic acids is 2. The molecule has 3 fully saturated rings. The zero-order valence-electron chi connectivity index (χ0n) is 15.1. The van der Waals surface area contributed by atoms with E-state index in [1.807, 2.05) is 4.90 Å². The van der Waals surface area contributed by atoms with Crippen LogP contribution in [0, 0.1) is 5.92 Å². The molecule has 3 aliphatic rings. The number of hydrogen-bond acceptors (Lipinski definition) is 4. The second-order valence-electron chi connectivity index (χ2n) is 7.85. The molecule has 0 aromatic carbocycles. The van der Waals surface area contributed by atoms with E-state index in [-0.39, 0.29) is 29.8 Å². The Morgan fingerprint density at radius 2 is 1.88 bits per heavy atom. The van der Waals surface area contributed by atoms with E-state index in [0.717, 1.165) is 45.2 Å². The van der Waals surface area contributed by atoms with Gasteiger partial charge in [-0.2, -0.15) is 0 Å². The summed E-state index contributed by atoms with van der Waals surface area (Å²) >= 11 is 0. The van der Waals surface area contributed by atoms with Crippen LogP contribution in [0.1, 0.15) is 44.9 Å². The van der Waals surface area contributed by atoms with Gasteiger partial charge in [-0.05, 0) is 32.7 Å². The molecule has 3 rings (SSSR count). The van der Waals surface area contributed by atoms with Crippen LogP contribution in [0.25, 0.3) is 0 Å². The lowest BCUT2D eigenvalue weighted by atomic mass is 9.85. The maximum Gasteiger partial charge on any atom is 0.323 e. The molecule has 1 unspecified atom stereocenters. The van der Waals surface area contributed by atoms with E-state index < -0.39 is 5.97 Å². The van der Waals surface area contributed by atoms with Crippen LogP contribution in [0.5, 0.6) is 0 Å². The highest BCUT2D eigenvalue weighted by molar-refractivity contribution is 5.82. The summed E-state index contributed by atoms with van der Waals surface area (Å²) in [5.74, 6) is -0.606. The molecule has 1 aliphatic carbocycles. The average molecular weight is 351 g/mol. The zero-order chi connectivity index (χ0) is 18.0. The number of likely N-dealkylation sites (tertiary alicyclic amines) is 1. The third kappa shape index (κ3) is 3.81. The van der Waals surface area contributed by atoms with Gasteiger partial charge in [0.2, 0.25) is 11.8 Å². The largest absolute Gasteiger partial charge is 0.480 e. The molecule has 2 heterocycles. The number of carbonyl (C=O) groups is 3. The Labute approximate surface area is 148 Å². The molecule has 140 valence electrons. The summed E-state index contributed by atoms with van der Waals surface area (Å²) in [6, 6.07) is 0. The summed E-state index contributed by atoms with van der Waals surface area (Å²) < 4.78 is 0. The minimum absolute atomic E-state index is 0.0908. The van der Waals surface area contributed by atoms with Gasteiger partial charge < -0.3 is 14.9 Å². The lowest BCUT2D eigenvalue weighted by molar-refractivity contribution is -0.144. The van der Waals surface area contributed by atoms with Crippen molar-refractivity contribution in [3.63, 3.8) is 0 Å². The predicted molar refractivity (Wildman–Crippen MR) is 92.0 cm³/mol. The lowest BCUT2D eigenvalue weighted by Gasteiger charge is -2.49. The first kappa shape index (κ1) is 18.2. The normalized spacial score (nSPS) is 29.2. The minimum atomic E-state index is -0.973. The number of likely N-dealkylation sites (N-methyl/N-ethyl adjacent to an activating group) is 1. The van der Waals surface area contributed by atoms with Gasteiger partial charge in [0.05, 0.1) is 0 Å². The SMILES string of the molecule is CN1CCN(C(=O)C2CCCC2)CC12CCC(=O)N(CC(=O)O)CC2. The number of nitrogens with zero attached hydrogens (tertiary/aromatic N) is 3. The second-order valence-corrected chi connectivity index (χ2v) is 7.85. The number of carboxylic acids is 1. The molecule has 1 atom stereocenters. The van der Waals surface area contributed by atoms with Crippen molar-refractivity contribution in [1.82, 2.24) is 14.7 Å². The van der Waals surface area contributed by atoms with Gasteiger partial charge in [0.15, 0.2) is 0 Å². The van der Waals surface area contributed by atoms with E-state index in [1.54, 1.807) is 0 Å². The van der Waals surface area contributed by atoms with Crippen LogP contribution < -0.4 is 0 Å². The highest BCUT2D eigenvalue weighted by Gasteiger charge is 2.44. The van der Waals surface area contributed by atoms with E-state index in [9.17, 15) is 14.4 Å². The first-order valence-electron chi connectivity index (χ1n) is 9.41. The van der Waals surface area contributed by atoms with Crippen molar-refractivity contribution < 1.29 is 19.5 Å². The molecule has 0 aromatic rings. The number of rotatable bonds is 3. The van der Waals surface area contributed by atoms with Crippen molar-refractivity contribution in [2.45, 2.75) is 50.5 Å². The summed E-state index contributed by atoms with van der Waals surface area (Å²) in [6.45, 7) is 2.43. The van der Waals surface area contributed by atoms with Crippen LogP contribution in [0.15, 0.2) is 0 Å². The van der Waals surface area contributed by atoms with E-state index in [2.05, 4.69) is 11.9 Å². The van der Waals surface area contributed by atoms with Gasteiger partial charge in [-0.3, -0.25) is 19.3 Å². The Morgan fingerprint density at radius 3 is 2.56 bits per heavy atom. The summed E-state index contributed by atoms with van der Waals surface area (Å²) in [5, 5.41) is 9.01. The molecular weight excluding hydrogens is 322 g/mol. The Kier molecular flexibility index (Phi) is 5.32. The van der Waals surface area contributed by atoms with Gasteiger partial charge in [0.25, 0.3) is 0 Å². The van der Waals surface area contributed by atoms with Crippen LogP contribution >= 0.6 is 0 Å². The molecule has 1 saturated carbocycles.